The summed E-state index contributed by atoms with van der Waals surface area (Å²) in [7, 11) is 3.02. The number of anilines is 1. The van der Waals surface area contributed by atoms with Crippen molar-refractivity contribution in [3.05, 3.63) is 52.1 Å². The lowest BCUT2D eigenvalue weighted by Gasteiger charge is -2.12. The number of hydrogen-bond donors (Lipinski definition) is 1. The third-order valence-electron chi connectivity index (χ3n) is 4.03. The van der Waals surface area contributed by atoms with Gasteiger partial charge >= 0.3 is 0 Å². The van der Waals surface area contributed by atoms with Crippen molar-refractivity contribution in [3.8, 4) is 11.5 Å². The summed E-state index contributed by atoms with van der Waals surface area (Å²) in [6.07, 6.45) is 0.960. The van der Waals surface area contributed by atoms with Crippen LogP contribution in [0.5, 0.6) is 11.5 Å². The van der Waals surface area contributed by atoms with Gasteiger partial charge in [0.2, 0.25) is 0 Å². The van der Waals surface area contributed by atoms with E-state index in [4.69, 9.17) is 9.47 Å². The van der Waals surface area contributed by atoms with E-state index in [1.807, 2.05) is 0 Å². The summed E-state index contributed by atoms with van der Waals surface area (Å²) in [5.41, 5.74) is 0.590. The number of methoxy groups -OCH3 is 2. The first kappa shape index (κ1) is 21.6. The third kappa shape index (κ3) is 5.63. The third-order valence-corrected chi connectivity index (χ3v) is 5.12. The van der Waals surface area contributed by atoms with E-state index in [2.05, 4.69) is 19.2 Å². The van der Waals surface area contributed by atoms with E-state index in [1.54, 1.807) is 30.3 Å². The van der Waals surface area contributed by atoms with Gasteiger partial charge in [0, 0.05) is 17.7 Å². The first-order chi connectivity index (χ1) is 13.3. The van der Waals surface area contributed by atoms with Crippen LogP contribution in [0.15, 0.2) is 41.3 Å². The van der Waals surface area contributed by atoms with Gasteiger partial charge in [-0.2, -0.15) is 0 Å². The number of hydrogen-bond acceptors (Lipinski definition) is 6. The van der Waals surface area contributed by atoms with Crippen LogP contribution < -0.4 is 14.8 Å². The molecule has 2 rings (SSSR count). The minimum Gasteiger partial charge on any atom is -0.497 e. The highest BCUT2D eigenvalue weighted by atomic mass is 32.2. The monoisotopic (exact) mass is 404 g/mol. The van der Waals surface area contributed by atoms with E-state index in [1.165, 1.54) is 32.0 Å². The molecule has 0 saturated heterocycles. The fraction of sp³-hybridized carbons (Fsp3) is 0.350. The van der Waals surface area contributed by atoms with Gasteiger partial charge in [-0.05, 0) is 42.4 Å². The van der Waals surface area contributed by atoms with Crippen LogP contribution in [0.2, 0.25) is 0 Å². The second-order valence-electron chi connectivity index (χ2n) is 6.49. The Kier molecular flexibility index (Phi) is 7.69. The molecule has 0 aliphatic carbocycles. The number of thioether (sulfide) groups is 1. The number of benzene rings is 2. The van der Waals surface area contributed by atoms with E-state index in [9.17, 15) is 14.9 Å². The molecule has 0 unspecified atom stereocenters. The molecule has 0 fully saturated rings. The zero-order valence-electron chi connectivity index (χ0n) is 16.4. The average Bonchev–Trinajstić information content (AvgIpc) is 2.67. The molecule has 8 heteroatoms. The molecule has 0 aliphatic rings. The van der Waals surface area contributed by atoms with Crippen LogP contribution in [0.1, 0.15) is 30.6 Å². The first-order valence-corrected chi connectivity index (χ1v) is 9.79. The Morgan fingerprint density at radius 2 is 1.93 bits per heavy atom. The van der Waals surface area contributed by atoms with Gasteiger partial charge in [-0.25, -0.2) is 0 Å². The van der Waals surface area contributed by atoms with Crippen LogP contribution in [-0.2, 0) is 0 Å². The lowest BCUT2D eigenvalue weighted by Crippen LogP contribution is -2.13. The molecule has 0 spiro atoms. The summed E-state index contributed by atoms with van der Waals surface area (Å²) in [6.45, 7) is 4.21. The zero-order valence-corrected chi connectivity index (χ0v) is 17.2. The summed E-state index contributed by atoms with van der Waals surface area (Å²) in [4.78, 5) is 24.2. The molecular formula is C20H24N2O5S. The Labute approximate surface area is 168 Å². The highest BCUT2D eigenvalue weighted by Crippen LogP contribution is 2.32. The molecule has 1 N–H and O–H groups in total. The van der Waals surface area contributed by atoms with E-state index in [0.29, 0.717) is 28.0 Å². The first-order valence-electron chi connectivity index (χ1n) is 8.80. The molecule has 7 nitrogen and oxygen atoms in total. The van der Waals surface area contributed by atoms with E-state index < -0.39 is 10.8 Å². The van der Waals surface area contributed by atoms with Gasteiger partial charge in [0.05, 0.1) is 29.7 Å². The van der Waals surface area contributed by atoms with Crippen LogP contribution in [0.4, 0.5) is 11.4 Å². The van der Waals surface area contributed by atoms with Gasteiger partial charge in [-0.1, -0.05) is 13.8 Å². The molecular weight excluding hydrogens is 380 g/mol. The predicted molar refractivity (Wildman–Crippen MR) is 111 cm³/mol. The standard InChI is InChI=1S/C20H24N2O5S/c1-13(2)9-10-28-19-8-5-14(11-17(19)22(24)25)20(23)21-16-7-6-15(26-3)12-18(16)27-4/h5-8,11-13H,9-10H2,1-4H3,(H,21,23). The number of carbonyl (C=O) groups is 1. The van der Waals surface area contributed by atoms with Crippen molar-refractivity contribution < 1.29 is 19.2 Å². The van der Waals surface area contributed by atoms with E-state index >= 15 is 0 Å². The minimum absolute atomic E-state index is 0.0666. The molecule has 0 radical (unpaired) electrons. The van der Waals surface area contributed by atoms with Crippen molar-refractivity contribution in [1.82, 2.24) is 0 Å². The van der Waals surface area contributed by atoms with Gasteiger partial charge in [-0.15, -0.1) is 11.8 Å². The topological polar surface area (TPSA) is 90.7 Å². The lowest BCUT2D eigenvalue weighted by molar-refractivity contribution is -0.387. The largest absolute Gasteiger partial charge is 0.497 e. The Morgan fingerprint density at radius 1 is 1.18 bits per heavy atom. The van der Waals surface area contributed by atoms with Gasteiger partial charge in [0.15, 0.2) is 0 Å². The molecule has 28 heavy (non-hydrogen) atoms. The second kappa shape index (κ2) is 9.98. The van der Waals surface area contributed by atoms with Gasteiger partial charge in [-0.3, -0.25) is 14.9 Å². The molecule has 0 aliphatic heterocycles. The van der Waals surface area contributed by atoms with Crippen LogP contribution >= 0.6 is 11.8 Å². The van der Waals surface area contributed by atoms with E-state index in [-0.39, 0.29) is 11.3 Å². The summed E-state index contributed by atoms with van der Waals surface area (Å²) >= 11 is 1.43. The summed E-state index contributed by atoms with van der Waals surface area (Å²) in [6, 6.07) is 9.52. The van der Waals surface area contributed by atoms with Crippen LogP contribution in [-0.4, -0.2) is 30.8 Å². The number of rotatable bonds is 9. The number of ether oxygens (including phenoxy) is 2. The molecule has 0 heterocycles. The van der Waals surface area contributed by atoms with Crippen LogP contribution in [0.25, 0.3) is 0 Å². The van der Waals surface area contributed by atoms with Crippen LogP contribution in [0, 0.1) is 16.0 Å². The van der Waals surface area contributed by atoms with Crippen molar-refractivity contribution in [2.75, 3.05) is 25.3 Å². The number of nitro groups is 1. The molecule has 2 aromatic rings. The number of amides is 1. The van der Waals surface area contributed by atoms with Crippen LogP contribution in [0.3, 0.4) is 0 Å². The molecule has 1 amide bonds. The Balaban J connectivity index is 2.21. The van der Waals surface area contributed by atoms with Crippen molar-refractivity contribution in [3.63, 3.8) is 0 Å². The molecule has 2 aromatic carbocycles. The average molecular weight is 404 g/mol. The van der Waals surface area contributed by atoms with Crippen molar-refractivity contribution >= 4 is 29.0 Å². The van der Waals surface area contributed by atoms with Gasteiger partial charge < -0.3 is 14.8 Å². The Hall–Kier alpha value is -2.74. The minimum atomic E-state index is -0.456. The molecule has 0 saturated carbocycles. The van der Waals surface area contributed by atoms with Gasteiger partial charge in [0.25, 0.3) is 11.6 Å². The summed E-state index contributed by atoms with van der Waals surface area (Å²) < 4.78 is 10.4. The van der Waals surface area contributed by atoms with E-state index in [0.717, 1.165) is 12.2 Å². The maximum atomic E-state index is 12.6. The van der Waals surface area contributed by atoms with Crippen molar-refractivity contribution in [2.24, 2.45) is 5.92 Å². The lowest BCUT2D eigenvalue weighted by atomic mass is 10.1. The Morgan fingerprint density at radius 3 is 2.54 bits per heavy atom. The predicted octanol–water partition coefficient (Wildman–Crippen LogP) is 5.00. The van der Waals surface area contributed by atoms with Crippen molar-refractivity contribution in [2.45, 2.75) is 25.2 Å². The molecule has 0 atom stereocenters. The van der Waals surface area contributed by atoms with Crippen molar-refractivity contribution in [1.29, 1.82) is 0 Å². The highest BCUT2D eigenvalue weighted by molar-refractivity contribution is 7.99. The molecule has 150 valence electrons. The molecule has 0 bridgehead atoms. The SMILES string of the molecule is COc1ccc(NC(=O)c2ccc(SCCC(C)C)c([N+](=O)[O-])c2)c(OC)c1. The maximum Gasteiger partial charge on any atom is 0.283 e. The summed E-state index contributed by atoms with van der Waals surface area (Å²) in [5.74, 6) is 1.88. The summed E-state index contributed by atoms with van der Waals surface area (Å²) in [5, 5.41) is 14.2. The quantitative estimate of drug-likeness (QED) is 0.359. The number of nitro benzene ring substituents is 1. The normalized spacial score (nSPS) is 10.6. The van der Waals surface area contributed by atoms with Gasteiger partial charge in [0.1, 0.15) is 11.5 Å². The fourth-order valence-corrected chi connectivity index (χ4v) is 3.68. The number of carbonyl (C=O) groups excluding carboxylic acids is 1. The number of nitrogens with zero attached hydrogens (tertiary/aromatic N) is 1. The smallest absolute Gasteiger partial charge is 0.283 e. The fourth-order valence-electron chi connectivity index (χ4n) is 2.42. The maximum absolute atomic E-state index is 12.6. The molecule has 0 aromatic heterocycles. The number of nitrogens with one attached hydrogen (secondary N) is 1. The highest BCUT2D eigenvalue weighted by Gasteiger charge is 2.19. The second-order valence-corrected chi connectivity index (χ2v) is 7.63. The Bertz CT molecular complexity index is 854. The zero-order chi connectivity index (χ0) is 20.7.